The van der Waals surface area contributed by atoms with Gasteiger partial charge in [-0.1, -0.05) is 0 Å². The molecule has 2 aromatic heterocycles. The van der Waals surface area contributed by atoms with Gasteiger partial charge >= 0.3 is 5.97 Å². The van der Waals surface area contributed by atoms with Gasteiger partial charge in [-0.15, -0.1) is 0 Å². The van der Waals surface area contributed by atoms with E-state index in [-0.39, 0.29) is 12.6 Å². The van der Waals surface area contributed by atoms with Gasteiger partial charge in [0.15, 0.2) is 11.5 Å². The van der Waals surface area contributed by atoms with Crippen LogP contribution in [-0.2, 0) is 11.2 Å². The van der Waals surface area contributed by atoms with Crippen molar-refractivity contribution in [2.75, 3.05) is 32.3 Å². The van der Waals surface area contributed by atoms with Crippen molar-refractivity contribution < 1.29 is 23.4 Å². The number of rotatable bonds is 5. The molecule has 1 aliphatic rings. The van der Waals surface area contributed by atoms with E-state index in [2.05, 4.69) is 21.8 Å². The third-order valence-electron chi connectivity index (χ3n) is 5.58. The molecule has 3 heterocycles. The molecule has 30 heavy (non-hydrogen) atoms. The van der Waals surface area contributed by atoms with Crippen LogP contribution in [0.5, 0.6) is 11.5 Å². The van der Waals surface area contributed by atoms with E-state index in [1.807, 2.05) is 12.1 Å². The topological polar surface area (TPSA) is 86.9 Å². The number of benzene rings is 1. The number of nitrogens with zero attached hydrogens (tertiary/aromatic N) is 3. The van der Waals surface area contributed by atoms with E-state index in [1.165, 1.54) is 11.9 Å². The van der Waals surface area contributed by atoms with Gasteiger partial charge in [0.2, 0.25) is 5.71 Å². The second-order valence-corrected chi connectivity index (χ2v) is 7.16. The molecule has 0 radical (unpaired) electrons. The van der Waals surface area contributed by atoms with Crippen LogP contribution >= 0.6 is 0 Å². The first-order chi connectivity index (χ1) is 14.5. The fourth-order valence-electron chi connectivity index (χ4n) is 4.13. The van der Waals surface area contributed by atoms with Gasteiger partial charge in [0.1, 0.15) is 23.5 Å². The smallest absolute Gasteiger partial charge is 0.342 e. The van der Waals surface area contributed by atoms with Crippen LogP contribution in [0.2, 0.25) is 0 Å². The summed E-state index contributed by atoms with van der Waals surface area (Å²) in [6.07, 6.45) is 2.27. The lowest BCUT2D eigenvalue weighted by Crippen LogP contribution is -2.35. The molecule has 0 aliphatic carbocycles. The van der Waals surface area contributed by atoms with Crippen molar-refractivity contribution in [2.45, 2.75) is 33.2 Å². The maximum Gasteiger partial charge on any atom is 0.342 e. The zero-order valence-corrected chi connectivity index (χ0v) is 17.8. The Labute approximate surface area is 174 Å². The molecule has 1 aromatic carbocycles. The summed E-state index contributed by atoms with van der Waals surface area (Å²) in [5, 5.41) is 0.587. The highest BCUT2D eigenvalue weighted by molar-refractivity contribution is 6.08. The van der Waals surface area contributed by atoms with Gasteiger partial charge < -0.3 is 23.5 Å². The average molecular weight is 411 g/mol. The number of hydrogen-bond donors (Lipinski definition) is 0. The second kappa shape index (κ2) is 7.85. The highest BCUT2D eigenvalue weighted by Gasteiger charge is 2.31. The van der Waals surface area contributed by atoms with E-state index in [0.29, 0.717) is 34.0 Å². The number of fused-ring (bicyclic) bond motifs is 2. The van der Waals surface area contributed by atoms with Crippen LogP contribution in [0.1, 0.15) is 47.1 Å². The molecule has 0 N–H and O–H groups in total. The third kappa shape index (κ3) is 3.12. The van der Waals surface area contributed by atoms with Gasteiger partial charge in [-0.3, -0.25) is 0 Å². The minimum atomic E-state index is -0.429. The zero-order valence-electron chi connectivity index (χ0n) is 17.8. The summed E-state index contributed by atoms with van der Waals surface area (Å²) >= 11 is 0. The summed E-state index contributed by atoms with van der Waals surface area (Å²) in [4.78, 5) is 23.6. The molecule has 0 amide bonds. The molecule has 0 spiro atoms. The Bertz CT molecular complexity index is 1110. The van der Waals surface area contributed by atoms with Gasteiger partial charge in [0.05, 0.1) is 32.3 Å². The zero-order chi connectivity index (χ0) is 21.4. The van der Waals surface area contributed by atoms with E-state index in [9.17, 15) is 4.79 Å². The molecule has 3 aromatic rings. The maximum absolute atomic E-state index is 12.6. The van der Waals surface area contributed by atoms with Crippen LogP contribution in [0.15, 0.2) is 22.9 Å². The molecule has 4 rings (SSSR count). The van der Waals surface area contributed by atoms with Gasteiger partial charge in [-0.25, -0.2) is 14.8 Å². The third-order valence-corrected chi connectivity index (χ3v) is 5.58. The summed E-state index contributed by atoms with van der Waals surface area (Å²) < 4.78 is 22.0. The normalized spacial score (nSPS) is 15.8. The predicted octanol–water partition coefficient (Wildman–Crippen LogP) is 3.85. The molecule has 158 valence electrons. The lowest BCUT2D eigenvalue weighted by Gasteiger charge is -2.36. The predicted molar refractivity (Wildman–Crippen MR) is 112 cm³/mol. The van der Waals surface area contributed by atoms with Gasteiger partial charge in [0, 0.05) is 6.54 Å². The molecule has 0 saturated carbocycles. The number of furan rings is 1. The Morgan fingerprint density at radius 3 is 2.67 bits per heavy atom. The molecule has 0 fully saturated rings. The molecular formula is C22H25N3O5. The fourth-order valence-corrected chi connectivity index (χ4v) is 4.13. The van der Waals surface area contributed by atoms with Crippen molar-refractivity contribution in [1.29, 1.82) is 0 Å². The minimum absolute atomic E-state index is 0.00286. The van der Waals surface area contributed by atoms with Crippen LogP contribution in [0.3, 0.4) is 0 Å². The summed E-state index contributed by atoms with van der Waals surface area (Å²) in [5.74, 6) is 2.11. The summed E-state index contributed by atoms with van der Waals surface area (Å²) in [6.45, 7) is 6.63. The quantitative estimate of drug-likeness (QED) is 0.585. The standard InChI is InChI=1S/C22H25N3O5/c1-6-29-22(26)18-13(3)30-21-19(18)20(23-11-24-21)25-8-7-14-9-16(27-4)17(28-5)10-15(14)12(25)2/h9-12H,6-8H2,1-5H3. The lowest BCUT2D eigenvalue weighted by atomic mass is 9.92. The number of anilines is 1. The molecule has 8 heteroatoms. The Hall–Kier alpha value is -3.29. The molecule has 8 nitrogen and oxygen atoms in total. The van der Waals surface area contributed by atoms with E-state index >= 15 is 0 Å². The maximum atomic E-state index is 12.6. The van der Waals surface area contributed by atoms with Crippen molar-refractivity contribution in [1.82, 2.24) is 9.97 Å². The SMILES string of the molecule is CCOC(=O)c1c(C)oc2ncnc(N3CCc4cc(OC)c(OC)cc4C3C)c12. The first kappa shape index (κ1) is 20.0. The average Bonchev–Trinajstić information content (AvgIpc) is 3.09. The largest absolute Gasteiger partial charge is 0.493 e. The highest BCUT2D eigenvalue weighted by atomic mass is 16.5. The van der Waals surface area contributed by atoms with E-state index in [0.717, 1.165) is 24.3 Å². The summed E-state index contributed by atoms with van der Waals surface area (Å²) in [6, 6.07) is 4.04. The van der Waals surface area contributed by atoms with Crippen LogP contribution in [0.25, 0.3) is 11.1 Å². The number of carbonyl (C=O) groups excluding carboxylic acids is 1. The summed E-state index contributed by atoms with van der Waals surface area (Å²) in [7, 11) is 3.27. The number of carbonyl (C=O) groups is 1. The number of hydrogen-bond acceptors (Lipinski definition) is 8. The van der Waals surface area contributed by atoms with E-state index in [4.69, 9.17) is 18.6 Å². The molecule has 0 bridgehead atoms. The molecular weight excluding hydrogens is 386 g/mol. The number of esters is 1. The fraction of sp³-hybridized carbons (Fsp3) is 0.409. The van der Waals surface area contributed by atoms with Crippen LogP contribution in [0, 0.1) is 6.92 Å². The van der Waals surface area contributed by atoms with E-state index in [1.54, 1.807) is 28.1 Å². The van der Waals surface area contributed by atoms with E-state index < -0.39 is 5.97 Å². The van der Waals surface area contributed by atoms with Crippen molar-refractivity contribution >= 4 is 22.9 Å². The molecule has 1 atom stereocenters. The number of ether oxygens (including phenoxy) is 3. The van der Waals surface area contributed by atoms with Crippen molar-refractivity contribution in [3.05, 3.63) is 40.9 Å². The number of aryl methyl sites for hydroxylation is 1. The number of methoxy groups -OCH3 is 2. The second-order valence-electron chi connectivity index (χ2n) is 7.16. The lowest BCUT2D eigenvalue weighted by molar-refractivity contribution is 0.0526. The Morgan fingerprint density at radius 2 is 1.97 bits per heavy atom. The first-order valence-corrected chi connectivity index (χ1v) is 9.92. The van der Waals surface area contributed by atoms with Crippen LogP contribution in [0.4, 0.5) is 5.82 Å². The highest BCUT2D eigenvalue weighted by Crippen LogP contribution is 2.41. The molecule has 0 saturated heterocycles. The Morgan fingerprint density at radius 1 is 1.23 bits per heavy atom. The molecule has 1 aliphatic heterocycles. The van der Waals surface area contributed by atoms with Crippen molar-refractivity contribution in [2.24, 2.45) is 0 Å². The Balaban J connectivity index is 1.83. The molecule has 1 unspecified atom stereocenters. The van der Waals surface area contributed by atoms with Gasteiger partial charge in [-0.2, -0.15) is 0 Å². The Kier molecular flexibility index (Phi) is 5.24. The van der Waals surface area contributed by atoms with Gasteiger partial charge in [-0.05, 0) is 50.5 Å². The number of aromatic nitrogens is 2. The minimum Gasteiger partial charge on any atom is -0.493 e. The van der Waals surface area contributed by atoms with Crippen LogP contribution < -0.4 is 14.4 Å². The first-order valence-electron chi connectivity index (χ1n) is 9.92. The monoisotopic (exact) mass is 411 g/mol. The van der Waals surface area contributed by atoms with Crippen LogP contribution in [-0.4, -0.2) is 43.3 Å². The van der Waals surface area contributed by atoms with Crippen molar-refractivity contribution in [3.63, 3.8) is 0 Å². The summed E-state index contributed by atoms with van der Waals surface area (Å²) in [5.41, 5.74) is 3.10. The van der Waals surface area contributed by atoms with Gasteiger partial charge in [0.25, 0.3) is 0 Å². The van der Waals surface area contributed by atoms with Crippen molar-refractivity contribution in [3.8, 4) is 11.5 Å².